The zero-order valence-corrected chi connectivity index (χ0v) is 21.1. The minimum atomic E-state index is -0.00582. The van der Waals surface area contributed by atoms with Crippen molar-refractivity contribution in [2.45, 2.75) is 69.2 Å². The Hall–Kier alpha value is -1.62. The van der Waals surface area contributed by atoms with E-state index in [0.717, 1.165) is 37.7 Å². The second kappa shape index (κ2) is 17.3. The molecule has 0 spiro atoms. The molecule has 1 fully saturated rings. The maximum absolute atomic E-state index is 12.0. The maximum atomic E-state index is 12.0. The van der Waals surface area contributed by atoms with Gasteiger partial charge in [-0.15, -0.1) is 0 Å². The summed E-state index contributed by atoms with van der Waals surface area (Å²) in [6, 6.07) is 4.01. The summed E-state index contributed by atoms with van der Waals surface area (Å²) in [4.78, 5) is 23.1. The van der Waals surface area contributed by atoms with Gasteiger partial charge < -0.3 is 9.80 Å². The number of carbonyl (C=O) groups excluding carboxylic acids is 1. The quantitative estimate of drug-likeness (QED) is 0.640. The molecule has 1 saturated heterocycles. The summed E-state index contributed by atoms with van der Waals surface area (Å²) in [5.41, 5.74) is 0.853. The van der Waals surface area contributed by atoms with Crippen molar-refractivity contribution in [2.24, 2.45) is 11.8 Å². The summed E-state index contributed by atoms with van der Waals surface area (Å²) >= 11 is 0. The Balaban J connectivity index is 0. The molecule has 0 atom stereocenters. The summed E-state index contributed by atoms with van der Waals surface area (Å²) in [6.45, 7) is 25.7. The smallest absolute Gasteiger partial charge is 0.229 e. The number of hydrogen-bond donors (Lipinski definition) is 0. The van der Waals surface area contributed by atoms with E-state index in [-0.39, 0.29) is 11.8 Å². The molecule has 2 heterocycles. The number of carbonyl (C=O) groups is 1. The van der Waals surface area contributed by atoms with Gasteiger partial charge in [-0.25, -0.2) is 4.98 Å². The fourth-order valence-corrected chi connectivity index (χ4v) is 2.95. The number of aromatic nitrogens is 1. The highest BCUT2D eigenvalue weighted by Gasteiger charge is 2.19. The van der Waals surface area contributed by atoms with Crippen LogP contribution >= 0.6 is 0 Å². The van der Waals surface area contributed by atoms with Gasteiger partial charge in [0, 0.05) is 45.7 Å². The average molecular weight is 409 g/mol. The summed E-state index contributed by atoms with van der Waals surface area (Å²) in [5, 5.41) is 0. The molecular formula is C24H48N4O. The Morgan fingerprint density at radius 1 is 0.966 bits per heavy atom. The molecule has 29 heavy (non-hydrogen) atoms. The Labute approximate surface area is 181 Å². The molecule has 0 bridgehead atoms. The zero-order chi connectivity index (χ0) is 23.0. The fraction of sp³-hybridized carbons (Fsp3) is 0.750. The van der Waals surface area contributed by atoms with Gasteiger partial charge in [0.25, 0.3) is 0 Å². The highest BCUT2D eigenvalue weighted by Crippen LogP contribution is 2.19. The van der Waals surface area contributed by atoms with Gasteiger partial charge in [-0.1, -0.05) is 69.2 Å². The van der Waals surface area contributed by atoms with Crippen molar-refractivity contribution in [1.82, 2.24) is 9.88 Å². The van der Waals surface area contributed by atoms with E-state index in [1.807, 2.05) is 74.6 Å². The topological polar surface area (TPSA) is 39.7 Å². The summed E-state index contributed by atoms with van der Waals surface area (Å²) in [6.07, 6.45) is 1.80. The van der Waals surface area contributed by atoms with Gasteiger partial charge in [0.1, 0.15) is 5.82 Å². The third kappa shape index (κ3) is 10.6. The molecule has 5 nitrogen and oxygen atoms in total. The van der Waals surface area contributed by atoms with Crippen molar-refractivity contribution < 1.29 is 4.79 Å². The lowest BCUT2D eigenvalue weighted by Gasteiger charge is -2.36. The first-order valence-electron chi connectivity index (χ1n) is 11.6. The zero-order valence-electron chi connectivity index (χ0n) is 21.1. The van der Waals surface area contributed by atoms with Gasteiger partial charge in [0.05, 0.1) is 11.9 Å². The highest BCUT2D eigenvalue weighted by atomic mass is 16.2. The van der Waals surface area contributed by atoms with E-state index in [1.165, 1.54) is 6.54 Å². The third-order valence-electron chi connectivity index (χ3n) is 4.26. The normalized spacial score (nSPS) is 13.5. The number of rotatable bonds is 5. The molecule has 1 aliphatic heterocycles. The minimum absolute atomic E-state index is 0.00582. The lowest BCUT2D eigenvalue weighted by Crippen LogP contribution is -2.47. The van der Waals surface area contributed by atoms with Crippen molar-refractivity contribution >= 4 is 17.4 Å². The van der Waals surface area contributed by atoms with Gasteiger partial charge in [-0.05, 0) is 18.1 Å². The number of amides is 1. The number of hydrogen-bond acceptors (Lipinski definition) is 4. The van der Waals surface area contributed by atoms with E-state index in [1.54, 1.807) is 11.1 Å². The van der Waals surface area contributed by atoms with Crippen LogP contribution in [0.5, 0.6) is 0 Å². The molecule has 0 N–H and O–H groups in total. The first-order valence-corrected chi connectivity index (χ1v) is 11.6. The predicted octanol–water partition coefficient (Wildman–Crippen LogP) is 5.56. The molecule has 1 aliphatic rings. The van der Waals surface area contributed by atoms with Gasteiger partial charge in [-0.3, -0.25) is 9.69 Å². The maximum Gasteiger partial charge on any atom is 0.229 e. The molecule has 1 aromatic heterocycles. The summed E-state index contributed by atoms with van der Waals surface area (Å²) < 4.78 is 0. The van der Waals surface area contributed by atoms with Gasteiger partial charge in [0.2, 0.25) is 5.91 Å². The van der Waals surface area contributed by atoms with E-state index in [2.05, 4.69) is 28.6 Å². The van der Waals surface area contributed by atoms with Gasteiger partial charge in [0.15, 0.2) is 0 Å². The minimum Gasteiger partial charge on any atom is -0.354 e. The number of anilines is 2. The largest absolute Gasteiger partial charge is 0.354 e. The van der Waals surface area contributed by atoms with Crippen LogP contribution in [0, 0.1) is 11.8 Å². The summed E-state index contributed by atoms with van der Waals surface area (Å²) in [7, 11) is 1.81. The van der Waals surface area contributed by atoms with Gasteiger partial charge >= 0.3 is 0 Å². The molecular weight excluding hydrogens is 360 g/mol. The Kier molecular flexibility index (Phi) is 17.6. The van der Waals surface area contributed by atoms with E-state index in [9.17, 15) is 4.79 Å². The number of piperazine rings is 1. The van der Waals surface area contributed by atoms with Crippen LogP contribution in [0.2, 0.25) is 0 Å². The molecule has 0 unspecified atom stereocenters. The second-order valence-electron chi connectivity index (χ2n) is 7.11. The van der Waals surface area contributed by atoms with E-state index in [4.69, 9.17) is 0 Å². The average Bonchev–Trinajstić information content (AvgIpc) is 2.77. The van der Waals surface area contributed by atoms with Crippen LogP contribution in [0.4, 0.5) is 11.5 Å². The van der Waals surface area contributed by atoms with Crippen LogP contribution in [0.15, 0.2) is 18.3 Å². The van der Waals surface area contributed by atoms with Crippen LogP contribution < -0.4 is 9.80 Å². The van der Waals surface area contributed by atoms with Crippen LogP contribution in [-0.4, -0.2) is 55.6 Å². The Morgan fingerprint density at radius 2 is 1.48 bits per heavy atom. The first kappa shape index (κ1) is 29.6. The van der Waals surface area contributed by atoms with Crippen LogP contribution in [0.3, 0.4) is 0 Å². The molecule has 1 amide bonds. The van der Waals surface area contributed by atoms with Crippen LogP contribution in [0.1, 0.15) is 69.2 Å². The number of nitrogens with zero attached hydrogens (tertiary/aromatic N) is 4. The molecule has 0 radical (unpaired) electrons. The molecule has 0 saturated carbocycles. The van der Waals surface area contributed by atoms with Crippen molar-refractivity contribution in [3.8, 4) is 0 Å². The van der Waals surface area contributed by atoms with Crippen molar-refractivity contribution in [1.29, 1.82) is 0 Å². The lowest BCUT2D eigenvalue weighted by molar-refractivity contribution is -0.121. The third-order valence-corrected chi connectivity index (χ3v) is 4.26. The van der Waals surface area contributed by atoms with Crippen LogP contribution in [-0.2, 0) is 4.79 Å². The van der Waals surface area contributed by atoms with E-state index >= 15 is 0 Å². The van der Waals surface area contributed by atoms with Gasteiger partial charge in [-0.2, -0.15) is 0 Å². The van der Waals surface area contributed by atoms with Crippen LogP contribution in [0.25, 0.3) is 0 Å². The van der Waals surface area contributed by atoms with Crippen molar-refractivity contribution in [3.63, 3.8) is 0 Å². The fourth-order valence-electron chi connectivity index (χ4n) is 2.95. The Morgan fingerprint density at radius 3 is 1.86 bits per heavy atom. The molecule has 5 heteroatoms. The second-order valence-corrected chi connectivity index (χ2v) is 7.11. The predicted molar refractivity (Wildman–Crippen MR) is 130 cm³/mol. The van der Waals surface area contributed by atoms with Crippen molar-refractivity contribution in [2.75, 3.05) is 49.6 Å². The van der Waals surface area contributed by atoms with Crippen molar-refractivity contribution in [3.05, 3.63) is 18.3 Å². The first-order chi connectivity index (χ1) is 13.9. The molecule has 170 valence electrons. The van der Waals surface area contributed by atoms with E-state index < -0.39 is 0 Å². The molecule has 2 rings (SSSR count). The molecule has 0 aromatic carbocycles. The van der Waals surface area contributed by atoms with E-state index in [0.29, 0.717) is 5.92 Å². The molecule has 1 aromatic rings. The lowest BCUT2D eigenvalue weighted by atomic mass is 10.2. The monoisotopic (exact) mass is 408 g/mol. The summed E-state index contributed by atoms with van der Waals surface area (Å²) in [5.74, 6) is 1.83. The SMILES string of the molecule is CC.CC.CC.CC(C)CN1CCN(c2ccc(N(C)C(=O)C(C)C)cn2)CC1. The Bertz CT molecular complexity index is 506. The standard InChI is InChI=1S/C18H30N4O.3C2H6/c1-14(2)13-21-8-10-22(11-9-21)17-7-6-16(12-19-17)20(5)18(23)15(3)4;3*1-2/h6-7,12,14-15H,8-11,13H2,1-5H3;3*1-2H3. The highest BCUT2D eigenvalue weighted by molar-refractivity contribution is 5.93. The number of pyridine rings is 1. The molecule has 0 aliphatic carbocycles.